The SMILES string of the molecule is NCC1(NC(=O)c2c(F)cc(F)cc2F)CC1. The molecule has 0 aromatic heterocycles. The zero-order valence-electron chi connectivity index (χ0n) is 8.90. The molecule has 17 heavy (non-hydrogen) atoms. The van der Waals surface area contributed by atoms with Crippen LogP contribution >= 0.6 is 0 Å². The molecule has 0 atom stereocenters. The molecule has 1 saturated carbocycles. The van der Waals surface area contributed by atoms with E-state index < -0.39 is 34.5 Å². The Morgan fingerprint density at radius 1 is 1.29 bits per heavy atom. The predicted molar refractivity (Wildman–Crippen MR) is 54.8 cm³/mol. The predicted octanol–water partition coefficient (Wildman–Crippen LogP) is 1.32. The maximum Gasteiger partial charge on any atom is 0.257 e. The summed E-state index contributed by atoms with van der Waals surface area (Å²) in [4.78, 5) is 11.6. The largest absolute Gasteiger partial charge is 0.345 e. The number of rotatable bonds is 3. The van der Waals surface area contributed by atoms with Crippen molar-refractivity contribution in [2.45, 2.75) is 18.4 Å². The highest BCUT2D eigenvalue weighted by Crippen LogP contribution is 2.34. The highest BCUT2D eigenvalue weighted by atomic mass is 19.1. The summed E-state index contributed by atoms with van der Waals surface area (Å²) < 4.78 is 39.2. The first-order chi connectivity index (χ1) is 7.97. The van der Waals surface area contributed by atoms with Gasteiger partial charge in [0.05, 0.1) is 5.54 Å². The van der Waals surface area contributed by atoms with Gasteiger partial charge < -0.3 is 11.1 Å². The minimum absolute atomic E-state index is 0.211. The van der Waals surface area contributed by atoms with Crippen LogP contribution in [0.25, 0.3) is 0 Å². The first-order valence-electron chi connectivity index (χ1n) is 5.14. The van der Waals surface area contributed by atoms with E-state index in [-0.39, 0.29) is 6.54 Å². The molecule has 1 aliphatic rings. The fourth-order valence-corrected chi connectivity index (χ4v) is 1.59. The molecule has 1 amide bonds. The van der Waals surface area contributed by atoms with E-state index in [1.807, 2.05) is 0 Å². The second-order valence-electron chi connectivity index (χ2n) is 4.18. The maximum absolute atomic E-state index is 13.3. The van der Waals surface area contributed by atoms with Crippen LogP contribution in [0.4, 0.5) is 13.2 Å². The summed E-state index contributed by atoms with van der Waals surface area (Å²) in [5.41, 5.74) is 4.11. The number of carbonyl (C=O) groups excluding carboxylic acids is 1. The van der Waals surface area contributed by atoms with Crippen LogP contribution in [0.3, 0.4) is 0 Å². The van der Waals surface area contributed by atoms with Crippen molar-refractivity contribution in [3.63, 3.8) is 0 Å². The number of nitrogens with one attached hydrogen (secondary N) is 1. The molecular formula is C11H11F3N2O. The molecule has 92 valence electrons. The van der Waals surface area contributed by atoms with Crippen LogP contribution in [0.15, 0.2) is 12.1 Å². The van der Waals surface area contributed by atoms with E-state index in [1.165, 1.54) is 0 Å². The summed E-state index contributed by atoms with van der Waals surface area (Å²) in [6.07, 6.45) is 1.36. The summed E-state index contributed by atoms with van der Waals surface area (Å²) in [6.45, 7) is 0.211. The summed E-state index contributed by atoms with van der Waals surface area (Å²) in [7, 11) is 0. The summed E-state index contributed by atoms with van der Waals surface area (Å²) in [5.74, 6) is -4.39. The number of carbonyl (C=O) groups is 1. The third-order valence-corrected chi connectivity index (χ3v) is 2.86. The highest BCUT2D eigenvalue weighted by molar-refractivity contribution is 5.95. The maximum atomic E-state index is 13.3. The van der Waals surface area contributed by atoms with Gasteiger partial charge in [-0.15, -0.1) is 0 Å². The minimum Gasteiger partial charge on any atom is -0.345 e. The van der Waals surface area contributed by atoms with E-state index in [0.717, 1.165) is 0 Å². The third-order valence-electron chi connectivity index (χ3n) is 2.86. The number of nitrogens with two attached hydrogens (primary N) is 1. The molecule has 0 radical (unpaired) electrons. The van der Waals surface area contributed by atoms with Crippen LogP contribution < -0.4 is 11.1 Å². The van der Waals surface area contributed by atoms with Crippen molar-refractivity contribution in [2.75, 3.05) is 6.54 Å². The molecule has 0 heterocycles. The van der Waals surface area contributed by atoms with Crippen LogP contribution in [0, 0.1) is 17.5 Å². The van der Waals surface area contributed by atoms with Crippen molar-refractivity contribution >= 4 is 5.91 Å². The normalized spacial score (nSPS) is 16.7. The zero-order valence-corrected chi connectivity index (χ0v) is 8.90. The summed E-state index contributed by atoms with van der Waals surface area (Å²) in [5, 5.41) is 2.47. The summed E-state index contributed by atoms with van der Waals surface area (Å²) >= 11 is 0. The van der Waals surface area contributed by atoms with Gasteiger partial charge in [-0.3, -0.25) is 4.79 Å². The van der Waals surface area contributed by atoms with Crippen molar-refractivity contribution < 1.29 is 18.0 Å². The van der Waals surface area contributed by atoms with Crippen LogP contribution in [-0.2, 0) is 0 Å². The molecule has 0 aliphatic heterocycles. The number of halogens is 3. The van der Waals surface area contributed by atoms with Gasteiger partial charge in [-0.1, -0.05) is 0 Å². The van der Waals surface area contributed by atoms with Crippen molar-refractivity contribution in [2.24, 2.45) is 5.73 Å². The van der Waals surface area contributed by atoms with Gasteiger partial charge in [0.2, 0.25) is 0 Å². The lowest BCUT2D eigenvalue weighted by atomic mass is 10.1. The molecule has 6 heteroatoms. The Labute approximate surface area is 95.8 Å². The van der Waals surface area contributed by atoms with E-state index in [9.17, 15) is 18.0 Å². The first kappa shape index (κ1) is 11.9. The van der Waals surface area contributed by atoms with E-state index in [0.29, 0.717) is 25.0 Å². The Balaban J connectivity index is 2.25. The molecule has 3 N–H and O–H groups in total. The Kier molecular flexibility index (Phi) is 2.82. The van der Waals surface area contributed by atoms with E-state index in [2.05, 4.69) is 5.32 Å². The highest BCUT2D eigenvalue weighted by Gasteiger charge is 2.43. The van der Waals surface area contributed by atoms with Gasteiger partial charge >= 0.3 is 0 Å². The van der Waals surface area contributed by atoms with Gasteiger partial charge in [-0.25, -0.2) is 13.2 Å². The second kappa shape index (κ2) is 4.03. The van der Waals surface area contributed by atoms with Crippen molar-refractivity contribution in [1.29, 1.82) is 0 Å². The average Bonchev–Trinajstić information content (AvgIpc) is 2.96. The van der Waals surface area contributed by atoms with E-state index in [1.54, 1.807) is 0 Å². The number of benzene rings is 1. The minimum atomic E-state index is -1.21. The Morgan fingerprint density at radius 3 is 2.24 bits per heavy atom. The number of hydrogen-bond donors (Lipinski definition) is 2. The van der Waals surface area contributed by atoms with Crippen LogP contribution in [0.1, 0.15) is 23.2 Å². The second-order valence-corrected chi connectivity index (χ2v) is 4.18. The molecule has 0 unspecified atom stereocenters. The third kappa shape index (κ3) is 2.26. The molecule has 3 nitrogen and oxygen atoms in total. The molecule has 0 spiro atoms. The average molecular weight is 244 g/mol. The van der Waals surface area contributed by atoms with Crippen molar-refractivity contribution in [1.82, 2.24) is 5.32 Å². The Hall–Kier alpha value is -1.56. The Bertz CT molecular complexity index is 449. The van der Waals surface area contributed by atoms with Gasteiger partial charge in [0.25, 0.3) is 5.91 Å². The monoisotopic (exact) mass is 244 g/mol. The topological polar surface area (TPSA) is 55.1 Å². The van der Waals surface area contributed by atoms with Gasteiger partial charge in [0, 0.05) is 18.7 Å². The van der Waals surface area contributed by atoms with E-state index >= 15 is 0 Å². The molecule has 1 aromatic carbocycles. The van der Waals surface area contributed by atoms with E-state index in [4.69, 9.17) is 5.73 Å². The van der Waals surface area contributed by atoms with Crippen LogP contribution in [0.5, 0.6) is 0 Å². The first-order valence-corrected chi connectivity index (χ1v) is 5.14. The smallest absolute Gasteiger partial charge is 0.257 e. The lowest BCUT2D eigenvalue weighted by molar-refractivity contribution is 0.0924. The Morgan fingerprint density at radius 2 is 1.82 bits per heavy atom. The van der Waals surface area contributed by atoms with Crippen LogP contribution in [-0.4, -0.2) is 18.0 Å². The molecule has 1 fully saturated rings. The van der Waals surface area contributed by atoms with Gasteiger partial charge in [-0.05, 0) is 12.8 Å². The fourth-order valence-electron chi connectivity index (χ4n) is 1.59. The molecule has 0 saturated heterocycles. The molecule has 1 aromatic rings. The number of hydrogen-bond acceptors (Lipinski definition) is 2. The van der Waals surface area contributed by atoms with Gasteiger partial charge in [-0.2, -0.15) is 0 Å². The lowest BCUT2D eigenvalue weighted by Crippen LogP contribution is -2.43. The lowest BCUT2D eigenvalue weighted by Gasteiger charge is -2.15. The molecule has 0 bridgehead atoms. The fraction of sp³-hybridized carbons (Fsp3) is 0.364. The number of amides is 1. The molecular weight excluding hydrogens is 233 g/mol. The standard InChI is InChI=1S/C11H11F3N2O/c12-6-3-7(13)9(8(14)4-6)10(17)16-11(5-15)1-2-11/h3-4H,1-2,5,15H2,(H,16,17). The van der Waals surface area contributed by atoms with Crippen LogP contribution in [0.2, 0.25) is 0 Å². The van der Waals surface area contributed by atoms with Crippen molar-refractivity contribution in [3.05, 3.63) is 35.1 Å². The molecule has 1 aliphatic carbocycles. The van der Waals surface area contributed by atoms with Gasteiger partial charge in [0.1, 0.15) is 23.0 Å². The summed E-state index contributed by atoms with van der Waals surface area (Å²) in [6, 6.07) is 0.944. The zero-order chi connectivity index (χ0) is 12.6. The molecule has 2 rings (SSSR count). The van der Waals surface area contributed by atoms with Crippen molar-refractivity contribution in [3.8, 4) is 0 Å². The van der Waals surface area contributed by atoms with Gasteiger partial charge in [0.15, 0.2) is 0 Å². The quantitative estimate of drug-likeness (QED) is 0.842.